The van der Waals surface area contributed by atoms with Crippen molar-refractivity contribution in [2.45, 2.75) is 13.1 Å². The van der Waals surface area contributed by atoms with Crippen molar-refractivity contribution in [2.75, 3.05) is 33.3 Å². The Kier molecular flexibility index (Phi) is 6.41. The lowest BCUT2D eigenvalue weighted by Crippen LogP contribution is -2.51. The first kappa shape index (κ1) is 18.6. The highest BCUT2D eigenvalue weighted by Gasteiger charge is 2.18. The number of halogens is 1. The molecule has 3 rings (SSSR count). The van der Waals surface area contributed by atoms with Gasteiger partial charge in [0.25, 0.3) is 0 Å². The molecule has 26 heavy (non-hydrogen) atoms. The highest BCUT2D eigenvalue weighted by atomic mass is 32.1. The van der Waals surface area contributed by atoms with Gasteiger partial charge >= 0.3 is 0 Å². The molecule has 1 fully saturated rings. The van der Waals surface area contributed by atoms with E-state index in [1.54, 1.807) is 7.11 Å². The molecule has 2 aromatic rings. The summed E-state index contributed by atoms with van der Waals surface area (Å²) in [6.45, 7) is 5.24. The van der Waals surface area contributed by atoms with Crippen LogP contribution in [0.5, 0.6) is 5.75 Å². The second-order valence-electron chi connectivity index (χ2n) is 6.40. The summed E-state index contributed by atoms with van der Waals surface area (Å²) in [6, 6.07) is 14.7. The number of nitrogens with one attached hydrogen (secondary N) is 1. The minimum absolute atomic E-state index is 0.188. The summed E-state index contributed by atoms with van der Waals surface area (Å²) < 4.78 is 18.2. The van der Waals surface area contributed by atoms with E-state index >= 15 is 0 Å². The molecule has 1 heterocycles. The van der Waals surface area contributed by atoms with E-state index in [1.807, 2.05) is 36.4 Å². The Morgan fingerprint density at radius 3 is 2.23 bits per heavy atom. The molecule has 0 aliphatic carbocycles. The van der Waals surface area contributed by atoms with E-state index in [9.17, 15) is 4.39 Å². The largest absolute Gasteiger partial charge is 0.497 e. The van der Waals surface area contributed by atoms with Gasteiger partial charge in [-0.25, -0.2) is 4.39 Å². The van der Waals surface area contributed by atoms with Crippen molar-refractivity contribution >= 4 is 17.3 Å². The van der Waals surface area contributed by atoms with Gasteiger partial charge in [0.15, 0.2) is 5.11 Å². The number of ether oxygens (including phenoxy) is 1. The molecule has 1 saturated heterocycles. The molecule has 138 valence electrons. The van der Waals surface area contributed by atoms with Crippen LogP contribution in [0.4, 0.5) is 4.39 Å². The number of rotatable bonds is 5. The number of methoxy groups -OCH3 is 1. The average Bonchev–Trinajstić information content (AvgIpc) is 2.69. The second kappa shape index (κ2) is 8.96. The van der Waals surface area contributed by atoms with Gasteiger partial charge < -0.3 is 15.0 Å². The van der Waals surface area contributed by atoms with Gasteiger partial charge in [-0.15, -0.1) is 0 Å². The van der Waals surface area contributed by atoms with Crippen molar-refractivity contribution in [3.05, 3.63) is 65.5 Å². The maximum atomic E-state index is 13.0. The summed E-state index contributed by atoms with van der Waals surface area (Å²) in [5.74, 6) is 0.667. The molecule has 0 bridgehead atoms. The molecule has 0 unspecified atom stereocenters. The minimum atomic E-state index is -0.188. The molecule has 4 nitrogen and oxygen atoms in total. The Morgan fingerprint density at radius 1 is 1.00 bits per heavy atom. The van der Waals surface area contributed by atoms with Crippen molar-refractivity contribution < 1.29 is 9.13 Å². The molecule has 1 aliphatic rings. The van der Waals surface area contributed by atoms with Gasteiger partial charge in [0.2, 0.25) is 0 Å². The third kappa shape index (κ3) is 5.16. The van der Waals surface area contributed by atoms with Crippen LogP contribution in [0.15, 0.2) is 48.5 Å². The van der Waals surface area contributed by atoms with Crippen LogP contribution < -0.4 is 10.1 Å². The van der Waals surface area contributed by atoms with E-state index in [0.717, 1.165) is 49.1 Å². The summed E-state index contributed by atoms with van der Waals surface area (Å²) in [5, 5.41) is 4.13. The Bertz CT molecular complexity index is 713. The van der Waals surface area contributed by atoms with Crippen molar-refractivity contribution in [3.8, 4) is 5.75 Å². The fourth-order valence-electron chi connectivity index (χ4n) is 2.99. The first-order valence-electron chi connectivity index (χ1n) is 8.76. The van der Waals surface area contributed by atoms with E-state index in [1.165, 1.54) is 17.7 Å². The van der Waals surface area contributed by atoms with E-state index in [4.69, 9.17) is 17.0 Å². The Morgan fingerprint density at radius 2 is 1.62 bits per heavy atom. The first-order valence-corrected chi connectivity index (χ1v) is 9.17. The van der Waals surface area contributed by atoms with Crippen molar-refractivity contribution in [1.29, 1.82) is 0 Å². The minimum Gasteiger partial charge on any atom is -0.497 e. The van der Waals surface area contributed by atoms with Crippen molar-refractivity contribution in [1.82, 2.24) is 15.1 Å². The Hall–Kier alpha value is -2.18. The third-order valence-electron chi connectivity index (χ3n) is 4.58. The molecule has 0 atom stereocenters. The molecule has 6 heteroatoms. The maximum Gasteiger partial charge on any atom is 0.169 e. The van der Waals surface area contributed by atoms with Gasteiger partial charge in [0.05, 0.1) is 7.11 Å². The fourth-order valence-corrected chi connectivity index (χ4v) is 3.24. The molecule has 0 amide bonds. The number of hydrogen-bond acceptors (Lipinski definition) is 3. The lowest BCUT2D eigenvalue weighted by atomic mass is 10.2. The van der Waals surface area contributed by atoms with Crippen LogP contribution in [0, 0.1) is 5.82 Å². The van der Waals surface area contributed by atoms with Crippen LogP contribution in [0.25, 0.3) is 0 Å². The van der Waals surface area contributed by atoms with E-state index in [2.05, 4.69) is 15.1 Å². The summed E-state index contributed by atoms with van der Waals surface area (Å²) >= 11 is 5.53. The lowest BCUT2D eigenvalue weighted by molar-refractivity contribution is 0.174. The molecule has 0 spiro atoms. The van der Waals surface area contributed by atoms with Gasteiger partial charge in [-0.2, -0.15) is 0 Å². The highest BCUT2D eigenvalue weighted by Crippen LogP contribution is 2.12. The number of benzene rings is 2. The van der Waals surface area contributed by atoms with Gasteiger partial charge in [-0.1, -0.05) is 24.3 Å². The summed E-state index contributed by atoms with van der Waals surface area (Å²) in [4.78, 5) is 4.58. The number of thiocarbonyl (C=S) groups is 1. The first-order chi connectivity index (χ1) is 12.6. The number of piperazine rings is 1. The number of nitrogens with zero attached hydrogens (tertiary/aromatic N) is 2. The van der Waals surface area contributed by atoms with E-state index in [-0.39, 0.29) is 5.82 Å². The van der Waals surface area contributed by atoms with Crippen LogP contribution in [0.1, 0.15) is 11.1 Å². The molecule has 2 aromatic carbocycles. The topological polar surface area (TPSA) is 27.7 Å². The maximum absolute atomic E-state index is 13.0. The predicted octanol–water partition coefficient (Wildman–Crippen LogP) is 3.03. The highest BCUT2D eigenvalue weighted by molar-refractivity contribution is 7.80. The Balaban J connectivity index is 1.42. The fraction of sp³-hybridized carbons (Fsp3) is 0.350. The normalized spacial score (nSPS) is 14.9. The van der Waals surface area contributed by atoms with Crippen molar-refractivity contribution in [3.63, 3.8) is 0 Å². The zero-order valence-corrected chi connectivity index (χ0v) is 15.8. The molecule has 1 aliphatic heterocycles. The molecule has 0 saturated carbocycles. The lowest BCUT2D eigenvalue weighted by Gasteiger charge is -2.36. The van der Waals surface area contributed by atoms with Crippen LogP contribution >= 0.6 is 12.2 Å². The van der Waals surface area contributed by atoms with Gasteiger partial charge in [0.1, 0.15) is 11.6 Å². The van der Waals surface area contributed by atoms with Crippen LogP contribution in [-0.4, -0.2) is 48.2 Å². The van der Waals surface area contributed by atoms with Gasteiger partial charge in [-0.3, -0.25) is 4.90 Å². The zero-order chi connectivity index (χ0) is 18.4. The van der Waals surface area contributed by atoms with E-state index in [0.29, 0.717) is 6.54 Å². The number of hydrogen-bond donors (Lipinski definition) is 1. The molecule has 1 N–H and O–H groups in total. The predicted molar refractivity (Wildman–Crippen MR) is 106 cm³/mol. The molecule has 0 aromatic heterocycles. The summed E-state index contributed by atoms with van der Waals surface area (Å²) in [7, 11) is 1.66. The summed E-state index contributed by atoms with van der Waals surface area (Å²) in [6.07, 6.45) is 0. The quantitative estimate of drug-likeness (QED) is 0.814. The molecule has 0 radical (unpaired) electrons. The standard InChI is InChI=1S/C20H24FN3OS/c1-25-19-8-4-16(5-9-19)14-22-20(26)24-12-10-23(11-13-24)15-17-2-6-18(21)7-3-17/h2-9H,10-15H2,1H3,(H,22,26). The van der Waals surface area contributed by atoms with Gasteiger partial charge in [0, 0.05) is 39.3 Å². The molecular weight excluding hydrogens is 349 g/mol. The van der Waals surface area contributed by atoms with Gasteiger partial charge in [-0.05, 0) is 47.6 Å². The van der Waals surface area contributed by atoms with Crippen LogP contribution in [0.3, 0.4) is 0 Å². The van der Waals surface area contributed by atoms with Crippen LogP contribution in [-0.2, 0) is 13.1 Å². The molecular formula is C20H24FN3OS. The second-order valence-corrected chi connectivity index (χ2v) is 6.78. The zero-order valence-electron chi connectivity index (χ0n) is 15.0. The monoisotopic (exact) mass is 373 g/mol. The Labute approximate surface area is 159 Å². The SMILES string of the molecule is COc1ccc(CNC(=S)N2CCN(Cc3ccc(F)cc3)CC2)cc1. The average molecular weight is 373 g/mol. The van der Waals surface area contributed by atoms with Crippen molar-refractivity contribution in [2.24, 2.45) is 0 Å². The summed E-state index contributed by atoms with van der Waals surface area (Å²) in [5.41, 5.74) is 2.31. The smallest absolute Gasteiger partial charge is 0.169 e. The third-order valence-corrected chi connectivity index (χ3v) is 4.98. The van der Waals surface area contributed by atoms with E-state index < -0.39 is 0 Å². The van der Waals surface area contributed by atoms with Crippen LogP contribution in [0.2, 0.25) is 0 Å².